The summed E-state index contributed by atoms with van der Waals surface area (Å²) in [4.78, 5) is 45.9. The summed E-state index contributed by atoms with van der Waals surface area (Å²) in [5.74, 6) is -1.42. The van der Waals surface area contributed by atoms with E-state index in [1.165, 1.54) is 5.06 Å². The minimum absolute atomic E-state index is 0.0108. The second kappa shape index (κ2) is 14.8. The summed E-state index contributed by atoms with van der Waals surface area (Å²) in [5.41, 5.74) is 0.138. The van der Waals surface area contributed by atoms with Crippen LogP contribution in [0.4, 0.5) is 0 Å². The number of rotatable bonds is 13. The molecule has 1 saturated carbocycles. The Labute approximate surface area is 275 Å². The summed E-state index contributed by atoms with van der Waals surface area (Å²) in [5, 5.41) is 55.1. The first kappa shape index (κ1) is 34.8. The zero-order chi connectivity index (χ0) is 34.0. The summed E-state index contributed by atoms with van der Waals surface area (Å²) >= 11 is 0. The predicted octanol–water partition coefficient (Wildman–Crippen LogP) is -3.33. The highest BCUT2D eigenvalue weighted by atomic mass is 16.8. The van der Waals surface area contributed by atoms with Gasteiger partial charge in [0.05, 0.1) is 26.4 Å². The lowest BCUT2D eigenvalue weighted by molar-refractivity contribution is -0.298. The molecule has 17 nitrogen and oxygen atoms in total. The zero-order valence-corrected chi connectivity index (χ0v) is 26.0. The SMILES string of the molecule is O=C(CCNC(=O)C12CC3OC(=O)C1N(Cc1cccc(C=CCOC4OC(CO)C(O)C(O)C4O)c1)OC2C1OCOC31)NCCO. The molecule has 0 spiro atoms. The van der Waals surface area contributed by atoms with E-state index in [0.717, 1.165) is 11.1 Å². The van der Waals surface area contributed by atoms with E-state index in [4.69, 9.17) is 33.6 Å². The van der Waals surface area contributed by atoms with Gasteiger partial charge in [-0.05, 0) is 11.1 Å². The van der Waals surface area contributed by atoms with Gasteiger partial charge in [0.1, 0.15) is 61.0 Å². The second-order valence-electron chi connectivity index (χ2n) is 12.4. The Morgan fingerprint density at radius 2 is 1.88 bits per heavy atom. The van der Waals surface area contributed by atoms with Gasteiger partial charge in [0.25, 0.3) is 0 Å². The number of nitrogens with one attached hydrogen (secondary N) is 2. The lowest BCUT2D eigenvalue weighted by Crippen LogP contribution is -2.69. The summed E-state index contributed by atoms with van der Waals surface area (Å²) in [6.07, 6.45) is -6.17. The third kappa shape index (κ3) is 6.60. The molecule has 5 aliphatic rings. The maximum Gasteiger partial charge on any atom is 0.327 e. The van der Waals surface area contributed by atoms with Crippen molar-refractivity contribution in [2.24, 2.45) is 5.41 Å². The van der Waals surface area contributed by atoms with Gasteiger partial charge in [-0.25, -0.2) is 0 Å². The van der Waals surface area contributed by atoms with Crippen molar-refractivity contribution in [1.82, 2.24) is 15.7 Å². The van der Waals surface area contributed by atoms with Crippen LogP contribution in [0.3, 0.4) is 0 Å². The van der Waals surface area contributed by atoms with Crippen molar-refractivity contribution in [3.05, 3.63) is 41.5 Å². The molecule has 11 atom stereocenters. The van der Waals surface area contributed by atoms with Crippen molar-refractivity contribution in [3.8, 4) is 0 Å². The van der Waals surface area contributed by atoms with Crippen molar-refractivity contribution < 1.29 is 68.4 Å². The lowest BCUT2D eigenvalue weighted by Gasteiger charge is -2.48. The maximum atomic E-state index is 13.9. The summed E-state index contributed by atoms with van der Waals surface area (Å²) in [6, 6.07) is 6.22. The topological polar surface area (TPSA) is 235 Å². The maximum absolute atomic E-state index is 13.9. The van der Waals surface area contributed by atoms with E-state index >= 15 is 0 Å². The molecule has 7 N–H and O–H groups in total. The molecule has 1 aliphatic carbocycles. The molecule has 4 heterocycles. The third-order valence-corrected chi connectivity index (χ3v) is 9.37. The fourth-order valence-electron chi connectivity index (χ4n) is 7.09. The highest BCUT2D eigenvalue weighted by Crippen LogP contribution is 2.55. The fourth-order valence-corrected chi connectivity index (χ4v) is 7.09. The van der Waals surface area contributed by atoms with Crippen LogP contribution < -0.4 is 10.6 Å². The van der Waals surface area contributed by atoms with E-state index in [0.29, 0.717) is 0 Å². The molecule has 6 rings (SSSR count). The number of carbonyl (C=O) groups excluding carboxylic acids is 3. The predicted molar refractivity (Wildman–Crippen MR) is 159 cm³/mol. The Morgan fingerprint density at radius 3 is 2.67 bits per heavy atom. The first-order chi connectivity index (χ1) is 23.2. The van der Waals surface area contributed by atoms with Crippen LogP contribution in [0, 0.1) is 5.41 Å². The van der Waals surface area contributed by atoms with Crippen LogP contribution >= 0.6 is 0 Å². The van der Waals surface area contributed by atoms with E-state index in [9.17, 15) is 34.8 Å². The lowest BCUT2D eigenvalue weighted by atomic mass is 9.62. The first-order valence-electron chi connectivity index (χ1n) is 15.9. The largest absolute Gasteiger partial charge is 0.458 e. The van der Waals surface area contributed by atoms with Gasteiger partial charge in [0, 0.05) is 25.9 Å². The molecule has 5 fully saturated rings. The van der Waals surface area contributed by atoms with E-state index in [1.807, 2.05) is 18.2 Å². The molecule has 4 aliphatic heterocycles. The number of fused-ring (bicyclic) bond motifs is 4. The van der Waals surface area contributed by atoms with E-state index in [-0.39, 0.29) is 58.4 Å². The summed E-state index contributed by atoms with van der Waals surface area (Å²) < 4.78 is 28.2. The molecule has 2 bridgehead atoms. The second-order valence-corrected chi connectivity index (χ2v) is 12.4. The average Bonchev–Trinajstić information content (AvgIpc) is 3.70. The van der Waals surface area contributed by atoms with Gasteiger partial charge in [0.2, 0.25) is 11.8 Å². The van der Waals surface area contributed by atoms with Crippen LogP contribution in [0.1, 0.15) is 24.0 Å². The number of carbonyl (C=O) groups is 3. The first-order valence-corrected chi connectivity index (χ1v) is 15.9. The quantitative estimate of drug-likeness (QED) is 0.101. The number of nitrogens with zero attached hydrogens (tertiary/aromatic N) is 1. The normalized spacial score (nSPS) is 37.3. The minimum Gasteiger partial charge on any atom is -0.458 e. The number of hydrogen-bond acceptors (Lipinski definition) is 15. The molecule has 11 unspecified atom stereocenters. The molecule has 264 valence electrons. The van der Waals surface area contributed by atoms with E-state index < -0.39 is 85.1 Å². The molecule has 2 amide bonds. The van der Waals surface area contributed by atoms with Gasteiger partial charge in [-0.3, -0.25) is 19.2 Å². The molecule has 1 aromatic carbocycles. The van der Waals surface area contributed by atoms with Crippen LogP contribution in [0.15, 0.2) is 30.3 Å². The number of benzene rings is 1. The van der Waals surface area contributed by atoms with E-state index in [2.05, 4.69) is 10.6 Å². The van der Waals surface area contributed by atoms with Gasteiger partial charge in [-0.1, -0.05) is 36.4 Å². The van der Waals surface area contributed by atoms with E-state index in [1.54, 1.807) is 18.2 Å². The van der Waals surface area contributed by atoms with Crippen LogP contribution in [-0.4, -0.2) is 149 Å². The van der Waals surface area contributed by atoms with Gasteiger partial charge in [0.15, 0.2) is 12.3 Å². The van der Waals surface area contributed by atoms with Gasteiger partial charge >= 0.3 is 5.97 Å². The monoisotopic (exact) mass is 679 g/mol. The number of aliphatic hydroxyl groups is 5. The van der Waals surface area contributed by atoms with Crippen molar-refractivity contribution in [2.75, 3.05) is 39.7 Å². The molecular formula is C31H41N3O14. The number of esters is 1. The third-order valence-electron chi connectivity index (χ3n) is 9.37. The number of amides is 2. The number of hydroxylamine groups is 2. The Bertz CT molecular complexity index is 1360. The number of hydrogen-bond donors (Lipinski definition) is 7. The summed E-state index contributed by atoms with van der Waals surface area (Å²) in [6.45, 7) is -0.602. The van der Waals surface area contributed by atoms with Gasteiger partial charge in [-0.2, -0.15) is 5.06 Å². The van der Waals surface area contributed by atoms with Crippen molar-refractivity contribution >= 4 is 23.9 Å². The van der Waals surface area contributed by atoms with Crippen molar-refractivity contribution in [3.63, 3.8) is 0 Å². The van der Waals surface area contributed by atoms with Crippen LogP contribution in [0.5, 0.6) is 0 Å². The molecule has 17 heteroatoms. The fraction of sp³-hybridized carbons (Fsp3) is 0.645. The minimum atomic E-state index is -1.54. The zero-order valence-electron chi connectivity index (χ0n) is 26.0. The van der Waals surface area contributed by atoms with Crippen LogP contribution in [0.25, 0.3) is 6.08 Å². The molecule has 0 aromatic heterocycles. The number of aliphatic hydroxyl groups excluding tert-OH is 5. The Morgan fingerprint density at radius 1 is 1.06 bits per heavy atom. The molecule has 0 radical (unpaired) electrons. The molecule has 48 heavy (non-hydrogen) atoms. The number of ether oxygens (including phenoxy) is 5. The Hall–Kier alpha value is -3.07. The van der Waals surface area contributed by atoms with Crippen LogP contribution in [0.2, 0.25) is 0 Å². The standard InChI is InChI=1S/C31H41N3O14/c35-9-8-32-20(37)6-7-33-30(42)31-12-18-24-25(45-15-44-24)27(31)48-34(26(31)28(41)46-18)13-17-4-1-3-16(11-17)5-2-10-43-29-23(40)22(39)21(38)19(14-36)47-29/h1-5,11,18-19,21-27,29,35-36,38-40H,6-10,12-15H2,(H,32,37)(H,33,42). The van der Waals surface area contributed by atoms with Gasteiger partial charge in [-0.15, -0.1) is 0 Å². The molecular weight excluding hydrogens is 638 g/mol. The van der Waals surface area contributed by atoms with Crippen molar-refractivity contribution in [2.45, 2.75) is 80.5 Å². The summed E-state index contributed by atoms with van der Waals surface area (Å²) in [7, 11) is 0. The smallest absolute Gasteiger partial charge is 0.327 e. The van der Waals surface area contributed by atoms with Crippen molar-refractivity contribution in [1.29, 1.82) is 0 Å². The van der Waals surface area contributed by atoms with Crippen LogP contribution in [-0.2, 0) is 49.5 Å². The Kier molecular flexibility index (Phi) is 10.7. The van der Waals surface area contributed by atoms with Gasteiger partial charge < -0.3 is 59.9 Å². The molecule has 4 saturated heterocycles. The highest BCUT2D eigenvalue weighted by Gasteiger charge is 2.74. The molecule has 1 aromatic rings. The average molecular weight is 680 g/mol. The Balaban J connectivity index is 1.13. The highest BCUT2D eigenvalue weighted by molar-refractivity contribution is 5.93.